The van der Waals surface area contributed by atoms with E-state index in [4.69, 9.17) is 16.3 Å². The summed E-state index contributed by atoms with van der Waals surface area (Å²) in [6.07, 6.45) is 0. The topological polar surface area (TPSA) is 21.3 Å². The first-order chi connectivity index (χ1) is 9.10. The number of benzene rings is 1. The minimum Gasteiger partial charge on any atom is -0.496 e. The maximum absolute atomic E-state index is 13.3. The molecular formula is C14H15ClFNOS. The Bertz CT molecular complexity index is 558. The van der Waals surface area contributed by atoms with E-state index in [2.05, 4.69) is 5.32 Å². The number of methoxy groups -OCH3 is 1. The number of hydrogen-bond donors (Lipinski definition) is 1. The molecule has 0 bridgehead atoms. The first kappa shape index (κ1) is 14.3. The van der Waals surface area contributed by atoms with Crippen molar-refractivity contribution in [2.24, 2.45) is 0 Å². The van der Waals surface area contributed by atoms with Crippen molar-refractivity contribution in [2.45, 2.75) is 19.5 Å². The van der Waals surface area contributed by atoms with Crippen molar-refractivity contribution in [3.63, 3.8) is 0 Å². The van der Waals surface area contributed by atoms with Crippen molar-refractivity contribution in [1.29, 1.82) is 0 Å². The predicted molar refractivity (Wildman–Crippen MR) is 77.5 cm³/mol. The third-order valence-electron chi connectivity index (χ3n) is 2.87. The first-order valence-corrected chi connectivity index (χ1v) is 7.10. The Kier molecular flexibility index (Phi) is 4.80. The Morgan fingerprint density at radius 1 is 1.37 bits per heavy atom. The molecule has 2 aromatic rings. The molecule has 2 rings (SSSR count). The van der Waals surface area contributed by atoms with Gasteiger partial charge in [-0.15, -0.1) is 11.3 Å². The molecule has 0 aliphatic carbocycles. The lowest BCUT2D eigenvalue weighted by Gasteiger charge is -2.17. The van der Waals surface area contributed by atoms with E-state index < -0.39 is 0 Å². The standard InChI is InChI=1S/C14H15ClFNOS/c1-9(17-8-11-4-6-14(15)19-11)12-7-10(16)3-5-13(12)18-2/h3-7,9,17H,8H2,1-2H3. The molecule has 0 saturated carbocycles. The summed E-state index contributed by atoms with van der Waals surface area (Å²) < 4.78 is 19.3. The van der Waals surface area contributed by atoms with E-state index in [1.54, 1.807) is 13.2 Å². The fourth-order valence-electron chi connectivity index (χ4n) is 1.85. The van der Waals surface area contributed by atoms with E-state index in [9.17, 15) is 4.39 Å². The van der Waals surface area contributed by atoms with Crippen LogP contribution in [0.25, 0.3) is 0 Å². The minimum absolute atomic E-state index is 0.00785. The highest BCUT2D eigenvalue weighted by Gasteiger charge is 2.12. The second-order valence-corrected chi connectivity index (χ2v) is 5.99. The molecule has 0 fully saturated rings. The number of nitrogens with one attached hydrogen (secondary N) is 1. The van der Waals surface area contributed by atoms with Gasteiger partial charge in [-0.3, -0.25) is 0 Å². The normalized spacial score (nSPS) is 12.4. The summed E-state index contributed by atoms with van der Waals surface area (Å²) in [5.74, 6) is 0.425. The van der Waals surface area contributed by atoms with Gasteiger partial charge in [0, 0.05) is 23.0 Å². The van der Waals surface area contributed by atoms with E-state index >= 15 is 0 Å². The molecule has 0 aliphatic heterocycles. The van der Waals surface area contributed by atoms with Crippen LogP contribution in [0, 0.1) is 5.82 Å². The van der Waals surface area contributed by atoms with Crippen LogP contribution < -0.4 is 10.1 Å². The van der Waals surface area contributed by atoms with Gasteiger partial charge in [-0.05, 0) is 37.3 Å². The van der Waals surface area contributed by atoms with E-state index in [0.29, 0.717) is 12.3 Å². The summed E-state index contributed by atoms with van der Waals surface area (Å²) in [6, 6.07) is 8.38. The van der Waals surface area contributed by atoms with Crippen LogP contribution in [0.15, 0.2) is 30.3 Å². The van der Waals surface area contributed by atoms with Gasteiger partial charge in [0.15, 0.2) is 0 Å². The molecule has 1 aromatic heterocycles. The van der Waals surface area contributed by atoms with Crippen LogP contribution in [0.2, 0.25) is 4.34 Å². The molecule has 19 heavy (non-hydrogen) atoms. The molecule has 102 valence electrons. The lowest BCUT2D eigenvalue weighted by atomic mass is 10.1. The first-order valence-electron chi connectivity index (χ1n) is 5.91. The fourth-order valence-corrected chi connectivity index (χ4v) is 2.89. The van der Waals surface area contributed by atoms with Gasteiger partial charge in [0.05, 0.1) is 11.4 Å². The predicted octanol–water partition coefficient (Wildman–Crippen LogP) is 4.40. The van der Waals surface area contributed by atoms with Crippen LogP contribution in [0.3, 0.4) is 0 Å². The van der Waals surface area contributed by atoms with Gasteiger partial charge >= 0.3 is 0 Å². The summed E-state index contributed by atoms with van der Waals surface area (Å²) >= 11 is 7.42. The minimum atomic E-state index is -0.261. The molecule has 0 spiro atoms. The quantitative estimate of drug-likeness (QED) is 0.883. The highest BCUT2D eigenvalue weighted by Crippen LogP contribution is 2.27. The van der Waals surface area contributed by atoms with Crippen LogP contribution in [0.1, 0.15) is 23.4 Å². The van der Waals surface area contributed by atoms with Crippen molar-refractivity contribution in [3.8, 4) is 5.75 Å². The van der Waals surface area contributed by atoms with Crippen LogP contribution in [-0.4, -0.2) is 7.11 Å². The number of halogens is 2. The summed E-state index contributed by atoms with van der Waals surface area (Å²) in [7, 11) is 1.59. The van der Waals surface area contributed by atoms with Crippen molar-refractivity contribution in [1.82, 2.24) is 5.32 Å². The molecule has 0 radical (unpaired) electrons. The molecule has 5 heteroatoms. The number of rotatable bonds is 5. The summed E-state index contributed by atoms with van der Waals surface area (Å²) in [5.41, 5.74) is 0.810. The summed E-state index contributed by atoms with van der Waals surface area (Å²) in [4.78, 5) is 1.15. The van der Waals surface area contributed by atoms with Gasteiger partial charge in [-0.2, -0.15) is 0 Å². The lowest BCUT2D eigenvalue weighted by molar-refractivity contribution is 0.400. The number of hydrogen-bond acceptors (Lipinski definition) is 3. The zero-order valence-electron chi connectivity index (χ0n) is 10.7. The average Bonchev–Trinajstić information content (AvgIpc) is 2.81. The van der Waals surface area contributed by atoms with Crippen LogP contribution in [0.5, 0.6) is 5.75 Å². The molecule has 1 aromatic carbocycles. The molecule has 1 heterocycles. The lowest BCUT2D eigenvalue weighted by Crippen LogP contribution is -2.18. The van der Waals surface area contributed by atoms with Gasteiger partial charge in [0.2, 0.25) is 0 Å². The second kappa shape index (κ2) is 6.37. The molecule has 2 nitrogen and oxygen atoms in total. The highest BCUT2D eigenvalue weighted by molar-refractivity contribution is 7.16. The average molecular weight is 300 g/mol. The van der Waals surface area contributed by atoms with Crippen LogP contribution in [0.4, 0.5) is 4.39 Å². The van der Waals surface area contributed by atoms with Crippen molar-refractivity contribution in [3.05, 3.63) is 50.9 Å². The largest absolute Gasteiger partial charge is 0.496 e. The Labute approximate surface area is 121 Å². The maximum Gasteiger partial charge on any atom is 0.123 e. The fraction of sp³-hybridized carbons (Fsp3) is 0.286. The molecule has 0 amide bonds. The third kappa shape index (κ3) is 3.69. The SMILES string of the molecule is COc1ccc(F)cc1C(C)NCc1ccc(Cl)s1. The number of ether oxygens (including phenoxy) is 1. The molecule has 1 atom stereocenters. The second-order valence-electron chi connectivity index (χ2n) is 4.19. The highest BCUT2D eigenvalue weighted by atomic mass is 35.5. The van der Waals surface area contributed by atoms with Gasteiger partial charge in [0.25, 0.3) is 0 Å². The van der Waals surface area contributed by atoms with Crippen molar-refractivity contribution in [2.75, 3.05) is 7.11 Å². The van der Waals surface area contributed by atoms with Crippen molar-refractivity contribution >= 4 is 22.9 Å². The van der Waals surface area contributed by atoms with Gasteiger partial charge < -0.3 is 10.1 Å². The van der Waals surface area contributed by atoms with Crippen LogP contribution in [-0.2, 0) is 6.54 Å². The maximum atomic E-state index is 13.3. The Hall–Kier alpha value is -1.10. The molecule has 0 aliphatic rings. The molecular weight excluding hydrogens is 285 g/mol. The molecule has 0 saturated heterocycles. The van der Waals surface area contributed by atoms with E-state index in [0.717, 1.165) is 14.8 Å². The molecule has 1 N–H and O–H groups in total. The number of thiophene rings is 1. The van der Waals surface area contributed by atoms with Gasteiger partial charge in [0.1, 0.15) is 11.6 Å². The summed E-state index contributed by atoms with van der Waals surface area (Å²) in [5, 5.41) is 3.34. The zero-order valence-corrected chi connectivity index (χ0v) is 12.3. The van der Waals surface area contributed by atoms with E-state index in [-0.39, 0.29) is 11.9 Å². The van der Waals surface area contributed by atoms with Crippen LogP contribution >= 0.6 is 22.9 Å². The Balaban J connectivity index is 2.06. The zero-order chi connectivity index (χ0) is 13.8. The third-order valence-corrected chi connectivity index (χ3v) is 4.10. The Morgan fingerprint density at radius 2 is 2.16 bits per heavy atom. The monoisotopic (exact) mass is 299 g/mol. The van der Waals surface area contributed by atoms with Crippen molar-refractivity contribution < 1.29 is 9.13 Å². The molecule has 1 unspecified atom stereocenters. The van der Waals surface area contributed by atoms with E-state index in [1.165, 1.54) is 23.5 Å². The Morgan fingerprint density at radius 3 is 2.79 bits per heavy atom. The van der Waals surface area contributed by atoms with Gasteiger partial charge in [-0.25, -0.2) is 4.39 Å². The van der Waals surface area contributed by atoms with Gasteiger partial charge in [-0.1, -0.05) is 11.6 Å². The smallest absolute Gasteiger partial charge is 0.123 e. The summed E-state index contributed by atoms with van der Waals surface area (Å²) in [6.45, 7) is 2.67. The van der Waals surface area contributed by atoms with E-state index in [1.807, 2.05) is 19.1 Å².